The lowest BCUT2D eigenvalue weighted by atomic mass is 9.86. The first-order valence-electron chi connectivity index (χ1n) is 8.76. The number of urea groups is 1. The molecule has 26 heavy (non-hydrogen) atoms. The molecule has 0 aromatic heterocycles. The van der Waals surface area contributed by atoms with E-state index in [4.69, 9.17) is 0 Å². The SMILES string of the molecule is CC(NC(=O)NCC(O)c1ccccc1F)c1ccc(C(C)(C)C)cc1. The highest BCUT2D eigenvalue weighted by Crippen LogP contribution is 2.24. The van der Waals surface area contributed by atoms with Crippen LogP contribution >= 0.6 is 0 Å². The Morgan fingerprint density at radius 3 is 2.31 bits per heavy atom. The van der Waals surface area contributed by atoms with Gasteiger partial charge in [0, 0.05) is 12.1 Å². The van der Waals surface area contributed by atoms with E-state index in [-0.39, 0.29) is 23.6 Å². The van der Waals surface area contributed by atoms with Crippen LogP contribution in [0.2, 0.25) is 0 Å². The predicted molar refractivity (Wildman–Crippen MR) is 101 cm³/mol. The lowest BCUT2D eigenvalue weighted by Crippen LogP contribution is -2.39. The van der Waals surface area contributed by atoms with Crippen molar-refractivity contribution in [3.8, 4) is 0 Å². The quantitative estimate of drug-likeness (QED) is 0.749. The molecule has 2 aromatic carbocycles. The molecule has 0 aliphatic heterocycles. The first-order valence-corrected chi connectivity index (χ1v) is 8.76. The molecule has 0 bridgehead atoms. The van der Waals surface area contributed by atoms with Gasteiger partial charge in [-0.1, -0.05) is 63.2 Å². The number of benzene rings is 2. The van der Waals surface area contributed by atoms with Gasteiger partial charge in [0.1, 0.15) is 5.82 Å². The van der Waals surface area contributed by atoms with Crippen LogP contribution < -0.4 is 10.6 Å². The topological polar surface area (TPSA) is 61.4 Å². The minimum absolute atomic E-state index is 0.0670. The first-order chi connectivity index (χ1) is 12.2. The van der Waals surface area contributed by atoms with Crippen molar-refractivity contribution in [1.29, 1.82) is 0 Å². The standard InChI is InChI=1S/C21H27FN2O2/c1-14(15-9-11-16(12-10-15)21(2,3)4)24-20(26)23-13-19(25)17-7-5-6-8-18(17)22/h5-12,14,19,25H,13H2,1-4H3,(H2,23,24,26). The fourth-order valence-electron chi connectivity index (χ4n) is 2.65. The van der Waals surface area contributed by atoms with Crippen LogP contribution in [-0.4, -0.2) is 17.7 Å². The molecule has 0 spiro atoms. The Hall–Kier alpha value is -2.40. The van der Waals surface area contributed by atoms with Crippen LogP contribution in [0.5, 0.6) is 0 Å². The maximum Gasteiger partial charge on any atom is 0.315 e. The Kier molecular flexibility index (Phi) is 6.37. The Labute approximate surface area is 154 Å². The lowest BCUT2D eigenvalue weighted by molar-refractivity contribution is 0.168. The zero-order valence-electron chi connectivity index (χ0n) is 15.7. The number of aliphatic hydroxyl groups excluding tert-OH is 1. The second-order valence-corrected chi connectivity index (χ2v) is 7.49. The van der Waals surface area contributed by atoms with Crippen LogP contribution in [-0.2, 0) is 5.41 Å². The van der Waals surface area contributed by atoms with Gasteiger partial charge < -0.3 is 15.7 Å². The summed E-state index contributed by atoms with van der Waals surface area (Å²) in [7, 11) is 0. The molecule has 140 valence electrons. The monoisotopic (exact) mass is 358 g/mol. The molecule has 2 atom stereocenters. The van der Waals surface area contributed by atoms with Crippen molar-refractivity contribution in [2.24, 2.45) is 0 Å². The molecular formula is C21H27FN2O2. The molecule has 0 aliphatic rings. The summed E-state index contributed by atoms with van der Waals surface area (Å²) < 4.78 is 13.6. The van der Waals surface area contributed by atoms with Crippen LogP contribution in [0.25, 0.3) is 0 Å². The molecule has 0 aliphatic carbocycles. The summed E-state index contributed by atoms with van der Waals surface area (Å²) in [5.41, 5.74) is 2.46. The summed E-state index contributed by atoms with van der Waals surface area (Å²) >= 11 is 0. The van der Waals surface area contributed by atoms with Crippen molar-refractivity contribution in [3.05, 3.63) is 71.0 Å². The van der Waals surface area contributed by atoms with Crippen LogP contribution in [0, 0.1) is 5.82 Å². The van der Waals surface area contributed by atoms with Crippen molar-refractivity contribution >= 4 is 6.03 Å². The van der Waals surface area contributed by atoms with Crippen molar-refractivity contribution < 1.29 is 14.3 Å². The highest BCUT2D eigenvalue weighted by molar-refractivity contribution is 5.74. The van der Waals surface area contributed by atoms with E-state index in [1.807, 2.05) is 19.1 Å². The second kappa shape index (κ2) is 8.32. The lowest BCUT2D eigenvalue weighted by Gasteiger charge is -2.21. The third-order valence-electron chi connectivity index (χ3n) is 4.34. The predicted octanol–water partition coefficient (Wildman–Crippen LogP) is 4.22. The molecule has 4 nitrogen and oxygen atoms in total. The summed E-state index contributed by atoms with van der Waals surface area (Å²) in [6, 6.07) is 13.5. The molecule has 2 aromatic rings. The average molecular weight is 358 g/mol. The van der Waals surface area contributed by atoms with Crippen molar-refractivity contribution in [1.82, 2.24) is 10.6 Å². The van der Waals surface area contributed by atoms with E-state index in [0.717, 1.165) is 5.56 Å². The van der Waals surface area contributed by atoms with Gasteiger partial charge in [-0.15, -0.1) is 0 Å². The van der Waals surface area contributed by atoms with Crippen molar-refractivity contribution in [2.75, 3.05) is 6.54 Å². The molecule has 0 saturated heterocycles. The van der Waals surface area contributed by atoms with Gasteiger partial charge >= 0.3 is 6.03 Å². The van der Waals surface area contributed by atoms with Crippen molar-refractivity contribution in [2.45, 2.75) is 45.3 Å². The molecule has 0 saturated carbocycles. The van der Waals surface area contributed by atoms with Crippen LogP contribution in [0.3, 0.4) is 0 Å². The van der Waals surface area contributed by atoms with E-state index < -0.39 is 18.0 Å². The smallest absolute Gasteiger partial charge is 0.315 e. The molecule has 5 heteroatoms. The number of nitrogens with one attached hydrogen (secondary N) is 2. The van der Waals surface area contributed by atoms with Gasteiger partial charge in [-0.3, -0.25) is 0 Å². The third-order valence-corrected chi connectivity index (χ3v) is 4.34. The minimum atomic E-state index is -1.09. The molecule has 2 rings (SSSR count). The van der Waals surface area contributed by atoms with E-state index in [1.54, 1.807) is 12.1 Å². The Balaban J connectivity index is 1.88. The van der Waals surface area contributed by atoms with Crippen LogP contribution in [0.15, 0.2) is 48.5 Å². The highest BCUT2D eigenvalue weighted by atomic mass is 19.1. The summed E-state index contributed by atoms with van der Waals surface area (Å²) in [5.74, 6) is -0.491. The van der Waals surface area contributed by atoms with Gasteiger partial charge in [0.15, 0.2) is 0 Å². The second-order valence-electron chi connectivity index (χ2n) is 7.49. The number of carbonyl (C=O) groups is 1. The number of rotatable bonds is 5. The van der Waals surface area contributed by atoms with Gasteiger partial charge in [-0.05, 0) is 29.5 Å². The number of amides is 2. The molecule has 3 N–H and O–H groups in total. The van der Waals surface area contributed by atoms with Gasteiger partial charge in [-0.25, -0.2) is 9.18 Å². The maximum atomic E-state index is 13.6. The largest absolute Gasteiger partial charge is 0.386 e. The molecular weight excluding hydrogens is 331 g/mol. The molecule has 0 fully saturated rings. The van der Waals surface area contributed by atoms with Crippen LogP contribution in [0.4, 0.5) is 9.18 Å². The third kappa shape index (κ3) is 5.30. The Morgan fingerprint density at radius 2 is 1.73 bits per heavy atom. The van der Waals surface area contributed by atoms with Crippen molar-refractivity contribution in [3.63, 3.8) is 0 Å². The number of carbonyl (C=O) groups excluding carboxylic acids is 1. The van der Waals surface area contributed by atoms with E-state index >= 15 is 0 Å². The first kappa shape index (κ1) is 19.9. The summed E-state index contributed by atoms with van der Waals surface area (Å²) in [4.78, 5) is 12.0. The highest BCUT2D eigenvalue weighted by Gasteiger charge is 2.16. The van der Waals surface area contributed by atoms with E-state index in [2.05, 4.69) is 43.5 Å². The molecule has 0 heterocycles. The number of aliphatic hydroxyl groups is 1. The van der Waals surface area contributed by atoms with Crippen LogP contribution in [0.1, 0.15) is 56.5 Å². The number of hydrogen-bond acceptors (Lipinski definition) is 2. The van der Waals surface area contributed by atoms with E-state index in [9.17, 15) is 14.3 Å². The van der Waals surface area contributed by atoms with E-state index in [1.165, 1.54) is 17.7 Å². The number of halogens is 1. The fourth-order valence-corrected chi connectivity index (χ4v) is 2.65. The summed E-state index contributed by atoms with van der Waals surface area (Å²) in [6.45, 7) is 8.27. The summed E-state index contributed by atoms with van der Waals surface area (Å²) in [5, 5.41) is 15.4. The average Bonchev–Trinajstić information content (AvgIpc) is 2.59. The Bertz CT molecular complexity index is 738. The summed E-state index contributed by atoms with van der Waals surface area (Å²) in [6.07, 6.45) is -1.09. The molecule has 2 unspecified atom stereocenters. The Morgan fingerprint density at radius 1 is 1.12 bits per heavy atom. The fraction of sp³-hybridized carbons (Fsp3) is 0.381. The minimum Gasteiger partial charge on any atom is -0.386 e. The number of hydrogen-bond donors (Lipinski definition) is 3. The maximum absolute atomic E-state index is 13.6. The normalized spacial score (nSPS) is 13.8. The molecule has 2 amide bonds. The van der Waals surface area contributed by atoms with Gasteiger partial charge in [-0.2, -0.15) is 0 Å². The molecule has 0 radical (unpaired) electrons. The van der Waals surface area contributed by atoms with Gasteiger partial charge in [0.25, 0.3) is 0 Å². The zero-order valence-corrected chi connectivity index (χ0v) is 15.7. The zero-order chi connectivity index (χ0) is 19.3. The van der Waals surface area contributed by atoms with E-state index in [0.29, 0.717) is 0 Å². The van der Waals surface area contributed by atoms with Gasteiger partial charge in [0.05, 0.1) is 12.1 Å². The van der Waals surface area contributed by atoms with Gasteiger partial charge in [0.2, 0.25) is 0 Å².